The Hall–Kier alpha value is -2.10. The van der Waals surface area contributed by atoms with Crippen LogP contribution in [0.5, 0.6) is 6.01 Å². The maximum atomic E-state index is 5.64. The molecule has 2 rings (SSSR count). The van der Waals surface area contributed by atoms with Crippen molar-refractivity contribution < 1.29 is 4.74 Å². The van der Waals surface area contributed by atoms with Crippen LogP contribution in [-0.4, -0.2) is 17.1 Å². The lowest BCUT2D eigenvalue weighted by molar-refractivity contribution is 0.381. The van der Waals surface area contributed by atoms with Crippen LogP contribution < -0.4 is 10.5 Å². The quantitative estimate of drug-likeness (QED) is 0.803. The smallest absolute Gasteiger partial charge is 0.318 e. The fraction of sp³-hybridized carbons (Fsp3) is 0.0909. The number of hydrogen-bond donors (Lipinski definition) is 1. The number of hydrogen-bond acceptors (Lipinski definition) is 4. The summed E-state index contributed by atoms with van der Waals surface area (Å²) >= 11 is 0. The van der Waals surface area contributed by atoms with Gasteiger partial charge in [-0.15, -0.1) is 0 Å². The maximum Gasteiger partial charge on any atom is 0.318 e. The third kappa shape index (κ3) is 2.04. The molecule has 0 saturated heterocycles. The van der Waals surface area contributed by atoms with Gasteiger partial charge < -0.3 is 10.5 Å². The van der Waals surface area contributed by atoms with Crippen molar-refractivity contribution in [1.82, 2.24) is 9.97 Å². The first-order chi connectivity index (χ1) is 7.29. The molecule has 1 heterocycles. The Balaban J connectivity index is 2.49. The molecule has 4 nitrogen and oxygen atoms in total. The van der Waals surface area contributed by atoms with Gasteiger partial charge in [-0.3, -0.25) is 0 Å². The molecule has 0 bridgehead atoms. The maximum absolute atomic E-state index is 5.64. The summed E-state index contributed by atoms with van der Waals surface area (Å²) in [5.41, 5.74) is 7.40. The zero-order valence-corrected chi connectivity index (χ0v) is 8.34. The number of methoxy groups -OCH3 is 1. The number of aromatic nitrogens is 2. The summed E-state index contributed by atoms with van der Waals surface area (Å²) in [6, 6.07) is 11.8. The van der Waals surface area contributed by atoms with Crippen molar-refractivity contribution in [3.8, 4) is 17.3 Å². The van der Waals surface area contributed by atoms with Crippen molar-refractivity contribution in [3.63, 3.8) is 0 Å². The third-order valence-corrected chi connectivity index (χ3v) is 1.98. The van der Waals surface area contributed by atoms with Gasteiger partial charge in [0.05, 0.1) is 12.8 Å². The molecule has 4 heteroatoms. The molecular weight excluding hydrogens is 190 g/mol. The normalized spacial score (nSPS) is 9.93. The highest BCUT2D eigenvalue weighted by atomic mass is 16.5. The lowest BCUT2D eigenvalue weighted by Gasteiger charge is -2.04. The summed E-state index contributed by atoms with van der Waals surface area (Å²) < 4.78 is 4.95. The van der Waals surface area contributed by atoms with Crippen molar-refractivity contribution in [2.45, 2.75) is 0 Å². The van der Waals surface area contributed by atoms with Crippen LogP contribution in [0.15, 0.2) is 36.4 Å². The number of ether oxygens (including phenoxy) is 1. The van der Waals surface area contributed by atoms with Crippen LogP contribution in [0.2, 0.25) is 0 Å². The Morgan fingerprint density at radius 2 is 1.87 bits per heavy atom. The molecule has 1 aromatic heterocycles. The van der Waals surface area contributed by atoms with Crippen molar-refractivity contribution in [2.75, 3.05) is 12.8 Å². The second kappa shape index (κ2) is 3.96. The Bertz CT molecular complexity index is 457. The van der Waals surface area contributed by atoms with Crippen LogP contribution in [0.1, 0.15) is 0 Å². The summed E-state index contributed by atoms with van der Waals surface area (Å²) in [5.74, 6) is 0.403. The first-order valence-electron chi connectivity index (χ1n) is 4.53. The molecule has 0 spiro atoms. The Morgan fingerprint density at radius 1 is 1.13 bits per heavy atom. The van der Waals surface area contributed by atoms with Crippen molar-refractivity contribution >= 4 is 5.82 Å². The number of nitrogens with zero attached hydrogens (tertiary/aromatic N) is 2. The molecule has 0 aliphatic rings. The molecule has 0 unspecified atom stereocenters. The van der Waals surface area contributed by atoms with Gasteiger partial charge in [-0.2, -0.15) is 9.97 Å². The average molecular weight is 201 g/mol. The monoisotopic (exact) mass is 201 g/mol. The van der Waals surface area contributed by atoms with Gasteiger partial charge in [0, 0.05) is 11.6 Å². The topological polar surface area (TPSA) is 61.0 Å². The first kappa shape index (κ1) is 9.45. The van der Waals surface area contributed by atoms with E-state index in [4.69, 9.17) is 10.5 Å². The van der Waals surface area contributed by atoms with E-state index in [1.54, 1.807) is 6.07 Å². The highest BCUT2D eigenvalue weighted by molar-refractivity contribution is 5.61. The second-order valence-electron chi connectivity index (χ2n) is 3.03. The van der Waals surface area contributed by atoms with Crippen LogP contribution in [0, 0.1) is 0 Å². The molecule has 0 aliphatic heterocycles. The average Bonchev–Trinajstić information content (AvgIpc) is 2.29. The van der Waals surface area contributed by atoms with Crippen molar-refractivity contribution in [1.29, 1.82) is 0 Å². The Morgan fingerprint density at radius 3 is 2.53 bits per heavy atom. The van der Waals surface area contributed by atoms with Gasteiger partial charge in [0.2, 0.25) is 0 Å². The highest BCUT2D eigenvalue weighted by Crippen LogP contribution is 2.20. The molecule has 2 N–H and O–H groups in total. The zero-order valence-electron chi connectivity index (χ0n) is 8.34. The fourth-order valence-electron chi connectivity index (χ4n) is 1.29. The highest BCUT2D eigenvalue weighted by Gasteiger charge is 2.03. The molecule has 0 fully saturated rings. The minimum absolute atomic E-state index is 0.286. The largest absolute Gasteiger partial charge is 0.467 e. The predicted molar refractivity (Wildman–Crippen MR) is 58.4 cm³/mol. The van der Waals surface area contributed by atoms with E-state index in [1.165, 1.54) is 7.11 Å². The third-order valence-electron chi connectivity index (χ3n) is 1.98. The summed E-state index contributed by atoms with van der Waals surface area (Å²) in [5, 5.41) is 0. The molecule has 0 saturated carbocycles. The summed E-state index contributed by atoms with van der Waals surface area (Å²) in [6.45, 7) is 0. The minimum Gasteiger partial charge on any atom is -0.467 e. The van der Waals surface area contributed by atoms with E-state index < -0.39 is 0 Å². The minimum atomic E-state index is 0.286. The number of nitrogens with two attached hydrogens (primary N) is 1. The van der Waals surface area contributed by atoms with Crippen molar-refractivity contribution in [3.05, 3.63) is 36.4 Å². The molecule has 0 atom stereocenters. The van der Waals surface area contributed by atoms with Crippen LogP contribution in [0.4, 0.5) is 5.82 Å². The molecule has 76 valence electrons. The van der Waals surface area contributed by atoms with Crippen LogP contribution in [-0.2, 0) is 0 Å². The van der Waals surface area contributed by atoms with E-state index in [2.05, 4.69) is 9.97 Å². The number of nitrogen functional groups attached to an aromatic ring is 1. The number of benzene rings is 1. The van der Waals surface area contributed by atoms with Crippen LogP contribution >= 0.6 is 0 Å². The molecule has 1 aromatic carbocycles. The zero-order chi connectivity index (χ0) is 10.7. The second-order valence-corrected chi connectivity index (χ2v) is 3.03. The van der Waals surface area contributed by atoms with Gasteiger partial charge in [-0.05, 0) is 0 Å². The van der Waals surface area contributed by atoms with Gasteiger partial charge in [0.25, 0.3) is 0 Å². The van der Waals surface area contributed by atoms with Crippen LogP contribution in [0.25, 0.3) is 11.3 Å². The summed E-state index contributed by atoms with van der Waals surface area (Å²) in [7, 11) is 1.52. The molecule has 0 aliphatic carbocycles. The van der Waals surface area contributed by atoms with Gasteiger partial charge >= 0.3 is 6.01 Å². The lowest BCUT2D eigenvalue weighted by atomic mass is 10.1. The molecule has 15 heavy (non-hydrogen) atoms. The predicted octanol–water partition coefficient (Wildman–Crippen LogP) is 1.73. The van der Waals surface area contributed by atoms with Gasteiger partial charge in [0.1, 0.15) is 5.82 Å². The van der Waals surface area contributed by atoms with E-state index >= 15 is 0 Å². The summed E-state index contributed by atoms with van der Waals surface area (Å²) in [6.07, 6.45) is 0. The van der Waals surface area contributed by atoms with Gasteiger partial charge in [-0.25, -0.2) is 0 Å². The summed E-state index contributed by atoms with van der Waals surface area (Å²) in [4.78, 5) is 8.13. The van der Waals surface area contributed by atoms with E-state index in [9.17, 15) is 0 Å². The SMILES string of the molecule is COc1nc(N)cc(-c2ccccc2)n1. The number of anilines is 1. The van der Waals surface area contributed by atoms with Crippen molar-refractivity contribution in [2.24, 2.45) is 0 Å². The van der Waals surface area contributed by atoms with E-state index in [-0.39, 0.29) is 6.01 Å². The fourth-order valence-corrected chi connectivity index (χ4v) is 1.29. The lowest BCUT2D eigenvalue weighted by Crippen LogP contribution is -1.98. The van der Waals surface area contributed by atoms with Gasteiger partial charge in [-0.1, -0.05) is 30.3 Å². The Kier molecular flexibility index (Phi) is 2.49. The van der Waals surface area contributed by atoms with Crippen LogP contribution in [0.3, 0.4) is 0 Å². The molecular formula is C11H11N3O. The van der Waals surface area contributed by atoms with E-state index in [0.717, 1.165) is 11.3 Å². The number of rotatable bonds is 2. The molecule has 0 radical (unpaired) electrons. The Labute approximate surface area is 87.7 Å². The van der Waals surface area contributed by atoms with E-state index in [1.807, 2.05) is 30.3 Å². The first-order valence-corrected chi connectivity index (χ1v) is 4.53. The molecule has 2 aromatic rings. The standard InChI is InChI=1S/C11H11N3O/c1-15-11-13-9(7-10(12)14-11)8-5-3-2-4-6-8/h2-7H,1H3,(H2,12,13,14). The van der Waals surface area contributed by atoms with E-state index in [0.29, 0.717) is 5.82 Å². The molecule has 0 amide bonds. The van der Waals surface area contributed by atoms with Gasteiger partial charge in [0.15, 0.2) is 0 Å².